The predicted octanol–water partition coefficient (Wildman–Crippen LogP) is -0.190. The third-order valence-electron chi connectivity index (χ3n) is 4.92. The second-order valence-electron chi connectivity index (χ2n) is 6.96. The van der Waals surface area contributed by atoms with Crippen LogP contribution in [0.3, 0.4) is 0 Å². The number of thiophene rings is 1. The molecule has 1 aliphatic rings. The number of rotatable bonds is 5. The van der Waals surface area contributed by atoms with Gasteiger partial charge in [-0.1, -0.05) is 6.07 Å². The maximum absolute atomic E-state index is 12.5. The summed E-state index contributed by atoms with van der Waals surface area (Å²) in [6, 6.07) is 3.75. The van der Waals surface area contributed by atoms with Crippen molar-refractivity contribution in [2.75, 3.05) is 40.3 Å². The SMILES string of the molecule is Cc1nn(C[NH+]2CCN(C(=O)c3cccs3)CC2)c(C)c1S(=O)(=O)N(C)C. The van der Waals surface area contributed by atoms with Gasteiger partial charge in [-0.2, -0.15) is 5.10 Å². The molecule has 0 atom stereocenters. The minimum absolute atomic E-state index is 0.0922. The first-order chi connectivity index (χ1) is 12.7. The van der Waals surface area contributed by atoms with Gasteiger partial charge in [-0.3, -0.25) is 4.79 Å². The Labute approximate surface area is 164 Å². The lowest BCUT2D eigenvalue weighted by atomic mass is 10.3. The van der Waals surface area contributed by atoms with E-state index in [1.807, 2.05) is 22.4 Å². The summed E-state index contributed by atoms with van der Waals surface area (Å²) in [5.74, 6) is 0.0922. The molecule has 0 saturated carbocycles. The van der Waals surface area contributed by atoms with E-state index in [1.165, 1.54) is 34.6 Å². The molecule has 148 valence electrons. The topological polar surface area (TPSA) is 80.0 Å². The van der Waals surface area contributed by atoms with E-state index in [0.29, 0.717) is 36.0 Å². The first-order valence-electron chi connectivity index (χ1n) is 8.84. The van der Waals surface area contributed by atoms with Crippen LogP contribution in [0.1, 0.15) is 21.1 Å². The second kappa shape index (κ2) is 7.70. The Hall–Kier alpha value is -1.75. The molecule has 0 aliphatic carbocycles. The number of aryl methyl sites for hydroxylation is 1. The van der Waals surface area contributed by atoms with Crippen LogP contribution in [0.4, 0.5) is 0 Å². The maximum atomic E-state index is 12.5. The van der Waals surface area contributed by atoms with Gasteiger partial charge in [-0.15, -0.1) is 11.3 Å². The first-order valence-corrected chi connectivity index (χ1v) is 11.2. The lowest BCUT2D eigenvalue weighted by molar-refractivity contribution is -0.927. The minimum Gasteiger partial charge on any atom is -0.327 e. The molecular weight excluding hydrogens is 386 g/mol. The summed E-state index contributed by atoms with van der Waals surface area (Å²) in [7, 11) is -0.458. The van der Waals surface area contributed by atoms with Crippen LogP contribution in [0.5, 0.6) is 0 Å². The van der Waals surface area contributed by atoms with Crippen molar-refractivity contribution in [2.24, 2.45) is 0 Å². The third kappa shape index (κ3) is 3.93. The molecule has 2 aromatic heterocycles. The lowest BCUT2D eigenvalue weighted by Crippen LogP contribution is -3.14. The fourth-order valence-electron chi connectivity index (χ4n) is 3.34. The minimum atomic E-state index is -3.51. The standard InChI is InChI=1S/C17H25N5O3S2/c1-13-16(27(24,25)19(3)4)14(2)22(18-13)12-20-7-9-21(10-8-20)17(23)15-6-5-11-26-15/h5-6,11H,7-10,12H2,1-4H3/p+1. The van der Waals surface area contributed by atoms with Gasteiger partial charge < -0.3 is 9.80 Å². The van der Waals surface area contributed by atoms with E-state index in [4.69, 9.17) is 0 Å². The number of piperazine rings is 1. The third-order valence-corrected chi connectivity index (χ3v) is 7.84. The Morgan fingerprint density at radius 3 is 2.52 bits per heavy atom. The molecule has 0 radical (unpaired) electrons. The van der Waals surface area contributed by atoms with Gasteiger partial charge in [0, 0.05) is 14.1 Å². The Morgan fingerprint density at radius 2 is 1.96 bits per heavy atom. The molecule has 1 amide bonds. The van der Waals surface area contributed by atoms with Gasteiger partial charge in [0.15, 0.2) is 6.67 Å². The normalized spacial score (nSPS) is 16.3. The van der Waals surface area contributed by atoms with Crippen molar-refractivity contribution in [2.45, 2.75) is 25.4 Å². The number of quaternary nitrogens is 1. The Morgan fingerprint density at radius 1 is 1.30 bits per heavy atom. The average Bonchev–Trinajstić information content (AvgIpc) is 3.24. The van der Waals surface area contributed by atoms with E-state index in [9.17, 15) is 13.2 Å². The monoisotopic (exact) mass is 412 g/mol. The average molecular weight is 413 g/mol. The van der Waals surface area contributed by atoms with Crippen molar-refractivity contribution in [3.8, 4) is 0 Å². The molecule has 10 heteroatoms. The van der Waals surface area contributed by atoms with E-state index in [0.717, 1.165) is 18.0 Å². The van der Waals surface area contributed by atoms with E-state index in [2.05, 4.69) is 5.10 Å². The van der Waals surface area contributed by atoms with Crippen LogP contribution < -0.4 is 4.90 Å². The highest BCUT2D eigenvalue weighted by molar-refractivity contribution is 7.89. The fourth-order valence-corrected chi connectivity index (χ4v) is 5.29. The molecule has 3 rings (SSSR count). The zero-order valence-corrected chi connectivity index (χ0v) is 17.7. The second-order valence-corrected chi connectivity index (χ2v) is 10.0. The molecule has 27 heavy (non-hydrogen) atoms. The number of hydrogen-bond acceptors (Lipinski definition) is 5. The molecule has 8 nitrogen and oxygen atoms in total. The highest BCUT2D eigenvalue weighted by Crippen LogP contribution is 2.21. The molecule has 1 fully saturated rings. The zero-order valence-electron chi connectivity index (χ0n) is 16.1. The fraction of sp³-hybridized carbons (Fsp3) is 0.529. The number of carbonyl (C=O) groups is 1. The van der Waals surface area contributed by atoms with Crippen molar-refractivity contribution in [3.05, 3.63) is 33.8 Å². The van der Waals surface area contributed by atoms with Gasteiger partial charge in [0.25, 0.3) is 5.91 Å². The smallest absolute Gasteiger partial charge is 0.264 e. The summed E-state index contributed by atoms with van der Waals surface area (Å²) >= 11 is 1.47. The first kappa shape index (κ1) is 20.0. The molecule has 1 N–H and O–H groups in total. The summed E-state index contributed by atoms with van der Waals surface area (Å²) < 4.78 is 28.1. The van der Waals surface area contributed by atoms with Gasteiger partial charge >= 0.3 is 0 Å². The van der Waals surface area contributed by atoms with Crippen molar-refractivity contribution in [3.63, 3.8) is 0 Å². The van der Waals surface area contributed by atoms with Gasteiger partial charge in [0.05, 0.1) is 42.4 Å². The molecule has 0 aromatic carbocycles. The van der Waals surface area contributed by atoms with Crippen LogP contribution in [0.2, 0.25) is 0 Å². The van der Waals surface area contributed by atoms with Crippen LogP contribution in [0, 0.1) is 13.8 Å². The van der Waals surface area contributed by atoms with E-state index < -0.39 is 10.0 Å². The number of amides is 1. The van der Waals surface area contributed by atoms with Crippen LogP contribution in [-0.4, -0.2) is 73.6 Å². The zero-order chi connectivity index (χ0) is 19.8. The molecular formula is C17H26N5O3S2+. The molecule has 0 unspecified atom stereocenters. The molecule has 2 aromatic rings. The van der Waals surface area contributed by atoms with Crippen LogP contribution in [0.25, 0.3) is 0 Å². The van der Waals surface area contributed by atoms with E-state index >= 15 is 0 Å². The van der Waals surface area contributed by atoms with Crippen LogP contribution in [-0.2, 0) is 16.7 Å². The summed E-state index contributed by atoms with van der Waals surface area (Å²) in [5, 5.41) is 6.37. The number of aromatic nitrogens is 2. The van der Waals surface area contributed by atoms with Crippen molar-refractivity contribution < 1.29 is 18.1 Å². The van der Waals surface area contributed by atoms with Gasteiger partial charge in [-0.25, -0.2) is 17.4 Å². The van der Waals surface area contributed by atoms with Gasteiger partial charge in [0.1, 0.15) is 4.90 Å². The highest BCUT2D eigenvalue weighted by Gasteiger charge is 2.29. The summed E-state index contributed by atoms with van der Waals surface area (Å²) in [6.07, 6.45) is 0. The summed E-state index contributed by atoms with van der Waals surface area (Å²) in [4.78, 5) is 16.7. The molecule has 0 spiro atoms. The number of nitrogens with one attached hydrogen (secondary N) is 1. The van der Waals surface area contributed by atoms with E-state index in [1.54, 1.807) is 18.5 Å². The quantitative estimate of drug-likeness (QED) is 0.738. The molecule has 3 heterocycles. The van der Waals surface area contributed by atoms with Gasteiger partial charge in [0.2, 0.25) is 10.0 Å². The van der Waals surface area contributed by atoms with Crippen LogP contribution >= 0.6 is 11.3 Å². The molecule has 1 aliphatic heterocycles. The number of sulfonamides is 1. The van der Waals surface area contributed by atoms with Crippen molar-refractivity contribution in [1.82, 2.24) is 19.0 Å². The Kier molecular flexibility index (Phi) is 5.71. The predicted molar refractivity (Wildman–Crippen MR) is 103 cm³/mol. The Balaban J connectivity index is 1.67. The van der Waals surface area contributed by atoms with Crippen LogP contribution in [0.15, 0.2) is 22.4 Å². The molecule has 0 bridgehead atoms. The number of nitrogens with zero attached hydrogens (tertiary/aromatic N) is 4. The largest absolute Gasteiger partial charge is 0.327 e. The Bertz CT molecular complexity index is 911. The van der Waals surface area contributed by atoms with E-state index in [-0.39, 0.29) is 5.91 Å². The lowest BCUT2D eigenvalue weighted by Gasteiger charge is -2.32. The number of hydrogen-bond donors (Lipinski definition) is 1. The summed E-state index contributed by atoms with van der Waals surface area (Å²) in [6.45, 7) is 7.12. The number of carbonyl (C=O) groups excluding carboxylic acids is 1. The molecule has 1 saturated heterocycles. The highest BCUT2D eigenvalue weighted by atomic mass is 32.2. The maximum Gasteiger partial charge on any atom is 0.264 e. The summed E-state index contributed by atoms with van der Waals surface area (Å²) in [5.41, 5.74) is 1.18. The van der Waals surface area contributed by atoms with Crippen molar-refractivity contribution in [1.29, 1.82) is 0 Å². The van der Waals surface area contributed by atoms with Gasteiger partial charge in [-0.05, 0) is 25.3 Å². The van der Waals surface area contributed by atoms with Crippen molar-refractivity contribution >= 4 is 27.3 Å².